The smallest absolute Gasteiger partial charge is 0.239 e. The van der Waals surface area contributed by atoms with Gasteiger partial charge in [0, 0.05) is 17.8 Å². The summed E-state index contributed by atoms with van der Waals surface area (Å²) in [6.45, 7) is 0.160. The van der Waals surface area contributed by atoms with Crippen LogP contribution < -0.4 is 5.32 Å². The molecule has 1 N–H and O–H groups in total. The van der Waals surface area contributed by atoms with Crippen molar-refractivity contribution >= 4 is 11.7 Å². The van der Waals surface area contributed by atoms with Crippen molar-refractivity contribution in [1.29, 1.82) is 5.26 Å². The van der Waals surface area contributed by atoms with E-state index in [0.29, 0.717) is 22.6 Å². The van der Waals surface area contributed by atoms with Crippen LogP contribution in [-0.2, 0) is 11.3 Å². The molecule has 1 aromatic carbocycles. The van der Waals surface area contributed by atoms with E-state index >= 15 is 0 Å². The predicted molar refractivity (Wildman–Crippen MR) is 103 cm³/mol. The summed E-state index contributed by atoms with van der Waals surface area (Å²) >= 11 is 0. The lowest BCUT2D eigenvalue weighted by Crippen LogP contribution is -2.12. The first-order valence-electron chi connectivity index (χ1n) is 8.86. The lowest BCUT2D eigenvalue weighted by Gasteiger charge is -2.06. The van der Waals surface area contributed by atoms with Crippen LogP contribution in [0.4, 0.5) is 10.2 Å². The van der Waals surface area contributed by atoms with Crippen molar-refractivity contribution in [2.45, 2.75) is 13.0 Å². The molecule has 0 fully saturated rings. The Morgan fingerprint density at radius 3 is 2.87 bits per heavy atom. The molecule has 3 heterocycles. The van der Waals surface area contributed by atoms with Gasteiger partial charge in [-0.3, -0.25) is 9.48 Å². The van der Waals surface area contributed by atoms with Gasteiger partial charge in [-0.1, -0.05) is 23.4 Å². The summed E-state index contributed by atoms with van der Waals surface area (Å²) in [7, 11) is 0. The fourth-order valence-electron chi connectivity index (χ4n) is 2.80. The first-order valence-corrected chi connectivity index (χ1v) is 8.86. The summed E-state index contributed by atoms with van der Waals surface area (Å²) in [5.41, 5.74) is 1.96. The quantitative estimate of drug-likeness (QED) is 0.525. The Kier molecular flexibility index (Phi) is 5.25. The molecule has 0 saturated carbocycles. The maximum atomic E-state index is 14.2. The van der Waals surface area contributed by atoms with E-state index in [9.17, 15) is 9.18 Å². The summed E-state index contributed by atoms with van der Waals surface area (Å²) in [5.74, 6) is -0.330. The van der Waals surface area contributed by atoms with Gasteiger partial charge < -0.3 is 9.84 Å². The molecular weight excluding hydrogens is 389 g/mol. The van der Waals surface area contributed by atoms with E-state index in [1.807, 2.05) is 0 Å². The average Bonchev–Trinajstić information content (AvgIpc) is 3.40. The molecule has 0 atom stereocenters. The number of anilines is 1. The number of aromatic nitrogens is 5. The molecule has 3 aromatic heterocycles. The summed E-state index contributed by atoms with van der Waals surface area (Å²) in [5, 5.41) is 19.6. The minimum Gasteiger partial charge on any atom is -0.364 e. The third-order valence-corrected chi connectivity index (χ3v) is 4.15. The Hall–Kier alpha value is -4.39. The Bertz CT molecular complexity index is 1230. The van der Waals surface area contributed by atoms with Crippen LogP contribution in [0, 0.1) is 17.1 Å². The highest BCUT2D eigenvalue weighted by atomic mass is 19.1. The van der Waals surface area contributed by atoms with Gasteiger partial charge in [-0.25, -0.2) is 14.4 Å². The lowest BCUT2D eigenvalue weighted by atomic mass is 10.2. The molecule has 0 aliphatic heterocycles. The molecule has 0 unspecified atom stereocenters. The third-order valence-electron chi connectivity index (χ3n) is 4.15. The summed E-state index contributed by atoms with van der Waals surface area (Å²) in [6.07, 6.45) is 2.61. The Balaban J connectivity index is 1.71. The number of rotatable bonds is 6. The van der Waals surface area contributed by atoms with Gasteiger partial charge in [0.25, 0.3) is 0 Å². The highest BCUT2D eigenvalue weighted by molar-refractivity contribution is 5.91. The molecule has 148 valence electrons. The van der Waals surface area contributed by atoms with Crippen LogP contribution in [0.1, 0.15) is 12.0 Å². The first kappa shape index (κ1) is 18.9. The number of carbonyl (C=O) groups excluding carboxylic acids is 1. The normalized spacial score (nSPS) is 10.5. The van der Waals surface area contributed by atoms with E-state index in [-0.39, 0.29) is 30.4 Å². The zero-order valence-electron chi connectivity index (χ0n) is 15.5. The molecule has 0 saturated heterocycles. The maximum Gasteiger partial charge on any atom is 0.239 e. The van der Waals surface area contributed by atoms with Crippen molar-refractivity contribution in [3.8, 4) is 29.0 Å². The Morgan fingerprint density at radius 1 is 1.23 bits per heavy atom. The molecule has 10 heteroatoms. The van der Waals surface area contributed by atoms with Gasteiger partial charge in [0.15, 0.2) is 5.82 Å². The van der Waals surface area contributed by atoms with Crippen LogP contribution >= 0.6 is 0 Å². The van der Waals surface area contributed by atoms with Crippen LogP contribution in [0.3, 0.4) is 0 Å². The van der Waals surface area contributed by atoms with Crippen molar-refractivity contribution in [2.75, 3.05) is 5.32 Å². The van der Waals surface area contributed by atoms with Gasteiger partial charge in [0.1, 0.15) is 35.7 Å². The number of carbonyl (C=O) groups is 1. The SMILES string of the molecule is N#CCC(=O)Nc1ccnc(-c2cc(-c3ccon3)n(Cc3ccccc3F)n2)n1. The van der Waals surface area contributed by atoms with E-state index in [1.54, 1.807) is 41.1 Å². The predicted octanol–water partition coefficient (Wildman–Crippen LogP) is 3.03. The summed E-state index contributed by atoms with van der Waals surface area (Å²) in [4.78, 5) is 20.1. The van der Waals surface area contributed by atoms with Crippen LogP contribution in [0.25, 0.3) is 22.9 Å². The highest BCUT2D eigenvalue weighted by Gasteiger charge is 2.17. The minimum atomic E-state index is -0.476. The largest absolute Gasteiger partial charge is 0.364 e. The molecule has 0 aliphatic rings. The fraction of sp³-hybridized carbons (Fsp3) is 0.100. The number of benzene rings is 1. The zero-order chi connectivity index (χ0) is 20.9. The standard InChI is InChI=1S/C20H14FN7O2/c21-14-4-2-1-3-13(14)12-28-17(15-7-10-30-27-15)11-16(26-28)20-23-9-6-18(25-20)24-19(29)5-8-22/h1-4,6-7,9-11H,5,12H2,(H,23,24,25,29). The highest BCUT2D eigenvalue weighted by Crippen LogP contribution is 2.25. The van der Waals surface area contributed by atoms with Crippen LogP contribution in [0.2, 0.25) is 0 Å². The van der Waals surface area contributed by atoms with Crippen molar-refractivity contribution in [1.82, 2.24) is 24.9 Å². The minimum absolute atomic E-state index is 0.160. The summed E-state index contributed by atoms with van der Waals surface area (Å²) in [6, 6.07) is 13.1. The van der Waals surface area contributed by atoms with Gasteiger partial charge in [-0.05, 0) is 18.2 Å². The van der Waals surface area contributed by atoms with Crippen molar-refractivity contribution in [2.24, 2.45) is 0 Å². The van der Waals surface area contributed by atoms with Gasteiger partial charge in [0.2, 0.25) is 5.91 Å². The second kappa shape index (κ2) is 8.32. The van der Waals surface area contributed by atoms with E-state index in [4.69, 9.17) is 9.78 Å². The molecule has 0 radical (unpaired) electrons. The van der Waals surface area contributed by atoms with Crippen LogP contribution in [0.5, 0.6) is 0 Å². The Morgan fingerprint density at radius 2 is 2.10 bits per heavy atom. The van der Waals surface area contributed by atoms with Gasteiger partial charge in [-0.2, -0.15) is 10.4 Å². The van der Waals surface area contributed by atoms with E-state index in [2.05, 4.69) is 25.5 Å². The molecule has 0 spiro atoms. The van der Waals surface area contributed by atoms with Gasteiger partial charge in [0.05, 0.1) is 18.3 Å². The van der Waals surface area contributed by atoms with Gasteiger partial charge >= 0.3 is 0 Å². The zero-order valence-corrected chi connectivity index (χ0v) is 15.5. The van der Waals surface area contributed by atoms with Gasteiger partial charge in [-0.15, -0.1) is 0 Å². The topological polar surface area (TPSA) is 123 Å². The molecule has 30 heavy (non-hydrogen) atoms. The number of halogens is 1. The third kappa shape index (κ3) is 4.05. The molecule has 0 aliphatic carbocycles. The second-order valence-corrected chi connectivity index (χ2v) is 6.20. The van der Waals surface area contributed by atoms with Crippen LogP contribution in [-0.4, -0.2) is 30.8 Å². The Labute approximate surface area is 169 Å². The molecule has 9 nitrogen and oxygen atoms in total. The van der Waals surface area contributed by atoms with Crippen LogP contribution in [0.15, 0.2) is 59.4 Å². The second-order valence-electron chi connectivity index (χ2n) is 6.20. The number of nitriles is 1. The number of amides is 1. The number of nitrogens with zero attached hydrogens (tertiary/aromatic N) is 6. The van der Waals surface area contributed by atoms with Crippen molar-refractivity contribution < 1.29 is 13.7 Å². The average molecular weight is 403 g/mol. The monoisotopic (exact) mass is 403 g/mol. The molecular formula is C20H14FN7O2. The van der Waals surface area contributed by atoms with Crippen molar-refractivity contribution in [3.05, 3.63) is 66.3 Å². The first-order chi connectivity index (χ1) is 14.6. The lowest BCUT2D eigenvalue weighted by molar-refractivity contribution is -0.115. The molecule has 1 amide bonds. The van der Waals surface area contributed by atoms with Crippen molar-refractivity contribution in [3.63, 3.8) is 0 Å². The molecule has 4 rings (SSSR count). The molecule has 4 aromatic rings. The fourth-order valence-corrected chi connectivity index (χ4v) is 2.80. The van der Waals surface area contributed by atoms with E-state index in [1.165, 1.54) is 24.6 Å². The van der Waals surface area contributed by atoms with E-state index in [0.717, 1.165) is 0 Å². The number of hydrogen-bond acceptors (Lipinski definition) is 7. The summed E-state index contributed by atoms with van der Waals surface area (Å²) < 4.78 is 20.7. The maximum absolute atomic E-state index is 14.2. The number of nitrogens with one attached hydrogen (secondary N) is 1. The van der Waals surface area contributed by atoms with E-state index < -0.39 is 5.91 Å². The molecule has 0 bridgehead atoms. The number of hydrogen-bond donors (Lipinski definition) is 1.